The number of fused-ring (bicyclic) bond motifs is 1. The molecule has 1 fully saturated rings. The van der Waals surface area contributed by atoms with Gasteiger partial charge in [-0.05, 0) is 39.0 Å². The zero-order chi connectivity index (χ0) is 21.3. The van der Waals surface area contributed by atoms with Gasteiger partial charge in [-0.2, -0.15) is 4.98 Å². The minimum absolute atomic E-state index is 0.0340. The number of likely N-dealkylation sites (tertiary alicyclic amines) is 1. The Balaban J connectivity index is 1.41. The minimum Gasteiger partial charge on any atom is -0.352 e. The molecule has 0 spiro atoms. The molecule has 0 saturated carbocycles. The van der Waals surface area contributed by atoms with Gasteiger partial charge in [0.05, 0.1) is 6.42 Å². The summed E-state index contributed by atoms with van der Waals surface area (Å²) in [5.41, 5.74) is 3.99. The molecule has 0 radical (unpaired) electrons. The molecule has 158 valence electrons. The number of hydrogen-bond acceptors (Lipinski definition) is 6. The number of aromatic nitrogens is 4. The Morgan fingerprint density at radius 2 is 2.03 bits per heavy atom. The average Bonchev–Trinajstić information content (AvgIpc) is 3.38. The van der Waals surface area contributed by atoms with Crippen LogP contribution in [0, 0.1) is 13.8 Å². The molecular formula is C22H28N6OS. The fourth-order valence-corrected chi connectivity index (χ4v) is 4.51. The van der Waals surface area contributed by atoms with Gasteiger partial charge in [-0.15, -0.1) is 5.10 Å². The molecule has 3 aromatic rings. The molecule has 2 aromatic heterocycles. The van der Waals surface area contributed by atoms with Crippen molar-refractivity contribution in [2.45, 2.75) is 50.9 Å². The lowest BCUT2D eigenvalue weighted by Gasteiger charge is -2.24. The molecule has 1 aliphatic rings. The topological polar surface area (TPSA) is 75.4 Å². The molecule has 3 heterocycles. The lowest BCUT2D eigenvalue weighted by Crippen LogP contribution is -2.38. The van der Waals surface area contributed by atoms with Gasteiger partial charge in [0.2, 0.25) is 11.1 Å². The van der Waals surface area contributed by atoms with Gasteiger partial charge in [0.25, 0.3) is 5.78 Å². The third-order valence-electron chi connectivity index (χ3n) is 5.96. The summed E-state index contributed by atoms with van der Waals surface area (Å²) < 4.78 is 1.74. The summed E-state index contributed by atoms with van der Waals surface area (Å²) in [4.78, 5) is 24.2. The number of nitrogens with one attached hydrogen (secondary N) is 1. The zero-order valence-corrected chi connectivity index (χ0v) is 18.7. The Labute approximate surface area is 181 Å². The Hall–Kier alpha value is -2.45. The molecule has 2 unspecified atom stereocenters. The smallest absolute Gasteiger partial charge is 0.253 e. The number of rotatable bonds is 6. The maximum absolute atomic E-state index is 12.8. The molecular weight excluding hydrogens is 396 g/mol. The lowest BCUT2D eigenvalue weighted by atomic mass is 10.1. The van der Waals surface area contributed by atoms with Crippen LogP contribution in [0.4, 0.5) is 0 Å². The number of carbonyl (C=O) groups excluding carboxylic acids is 1. The molecule has 1 aliphatic heterocycles. The van der Waals surface area contributed by atoms with Crippen LogP contribution in [0.1, 0.15) is 41.9 Å². The highest BCUT2D eigenvalue weighted by atomic mass is 32.2. The fraction of sp³-hybridized carbons (Fsp3) is 0.455. The Morgan fingerprint density at radius 1 is 1.27 bits per heavy atom. The molecule has 0 bridgehead atoms. The number of benzene rings is 1. The monoisotopic (exact) mass is 424 g/mol. The van der Waals surface area contributed by atoms with Crippen LogP contribution in [0.2, 0.25) is 0 Å². The summed E-state index contributed by atoms with van der Waals surface area (Å²) >= 11 is 1.48. The SMILES string of the molecule is CSc1nc2nc(C)c(CC(=O)NC3CCN(C(C)c4ccccc4)C3)c(C)n2n1. The van der Waals surface area contributed by atoms with Crippen LogP contribution in [0.25, 0.3) is 5.78 Å². The largest absolute Gasteiger partial charge is 0.352 e. The minimum atomic E-state index is 0.0340. The van der Waals surface area contributed by atoms with Gasteiger partial charge in [-0.25, -0.2) is 9.50 Å². The van der Waals surface area contributed by atoms with Crippen LogP contribution >= 0.6 is 11.8 Å². The zero-order valence-electron chi connectivity index (χ0n) is 17.9. The summed E-state index contributed by atoms with van der Waals surface area (Å²) in [6, 6.07) is 11.1. The van der Waals surface area contributed by atoms with E-state index in [1.165, 1.54) is 17.3 Å². The van der Waals surface area contributed by atoms with E-state index in [-0.39, 0.29) is 11.9 Å². The predicted molar refractivity (Wildman–Crippen MR) is 119 cm³/mol. The number of amides is 1. The molecule has 1 amide bonds. The molecule has 4 rings (SSSR count). The number of thioether (sulfide) groups is 1. The average molecular weight is 425 g/mol. The number of carbonyl (C=O) groups is 1. The molecule has 2 atom stereocenters. The van der Waals surface area contributed by atoms with Crippen LogP contribution in [-0.2, 0) is 11.2 Å². The second-order valence-electron chi connectivity index (χ2n) is 7.88. The van der Waals surface area contributed by atoms with Crippen molar-refractivity contribution in [3.05, 3.63) is 52.8 Å². The van der Waals surface area contributed by atoms with Crippen molar-refractivity contribution in [3.8, 4) is 0 Å². The summed E-state index contributed by atoms with van der Waals surface area (Å²) in [5, 5.41) is 8.38. The second kappa shape index (κ2) is 8.73. The molecule has 30 heavy (non-hydrogen) atoms. The van der Waals surface area contributed by atoms with E-state index in [1.807, 2.05) is 26.2 Å². The van der Waals surface area contributed by atoms with Crippen molar-refractivity contribution in [1.29, 1.82) is 0 Å². The number of hydrogen-bond donors (Lipinski definition) is 1. The summed E-state index contributed by atoms with van der Waals surface area (Å²) in [5.74, 6) is 0.617. The maximum Gasteiger partial charge on any atom is 0.253 e. The standard InChI is InChI=1S/C22H28N6OS/c1-14-19(16(3)28-21(23-14)25-22(26-28)30-4)12-20(29)24-18-10-11-27(13-18)15(2)17-8-6-5-7-9-17/h5-9,15,18H,10-13H2,1-4H3,(H,24,29). The normalized spacial score (nSPS) is 18.1. The molecule has 1 aromatic carbocycles. The third kappa shape index (κ3) is 4.20. The van der Waals surface area contributed by atoms with Crippen molar-refractivity contribution in [1.82, 2.24) is 29.8 Å². The number of nitrogens with zero attached hydrogens (tertiary/aromatic N) is 5. The van der Waals surface area contributed by atoms with Gasteiger partial charge in [0, 0.05) is 42.1 Å². The van der Waals surface area contributed by atoms with E-state index < -0.39 is 0 Å². The quantitative estimate of drug-likeness (QED) is 0.613. The van der Waals surface area contributed by atoms with Crippen molar-refractivity contribution >= 4 is 23.4 Å². The molecule has 7 nitrogen and oxygen atoms in total. The van der Waals surface area contributed by atoms with E-state index in [2.05, 4.69) is 56.5 Å². The van der Waals surface area contributed by atoms with Crippen LogP contribution in [-0.4, -0.2) is 55.8 Å². The third-order valence-corrected chi connectivity index (χ3v) is 6.50. The predicted octanol–water partition coefficient (Wildman–Crippen LogP) is 2.96. The van der Waals surface area contributed by atoms with Crippen molar-refractivity contribution in [3.63, 3.8) is 0 Å². The van der Waals surface area contributed by atoms with Gasteiger partial charge < -0.3 is 5.32 Å². The van der Waals surface area contributed by atoms with Crippen LogP contribution in [0.3, 0.4) is 0 Å². The highest BCUT2D eigenvalue weighted by Gasteiger charge is 2.28. The van der Waals surface area contributed by atoms with Gasteiger partial charge in [0.1, 0.15) is 0 Å². The fourth-order valence-electron chi connectivity index (χ4n) is 4.17. The van der Waals surface area contributed by atoms with E-state index in [1.54, 1.807) is 4.52 Å². The summed E-state index contributed by atoms with van der Waals surface area (Å²) in [7, 11) is 0. The first kappa shape index (κ1) is 20.8. The second-order valence-corrected chi connectivity index (χ2v) is 8.66. The van der Waals surface area contributed by atoms with Gasteiger partial charge in [0.15, 0.2) is 0 Å². The first-order valence-electron chi connectivity index (χ1n) is 10.3. The highest BCUT2D eigenvalue weighted by molar-refractivity contribution is 7.98. The van der Waals surface area contributed by atoms with Crippen molar-refractivity contribution < 1.29 is 4.79 Å². The first-order chi connectivity index (χ1) is 14.5. The molecule has 1 saturated heterocycles. The van der Waals surface area contributed by atoms with Crippen LogP contribution in [0.15, 0.2) is 35.5 Å². The number of aryl methyl sites for hydroxylation is 2. The summed E-state index contributed by atoms with van der Waals surface area (Å²) in [6.45, 7) is 8.00. The van der Waals surface area contributed by atoms with Gasteiger partial charge in [-0.3, -0.25) is 9.69 Å². The van der Waals surface area contributed by atoms with E-state index in [0.717, 1.165) is 36.5 Å². The lowest BCUT2D eigenvalue weighted by molar-refractivity contribution is -0.121. The van der Waals surface area contributed by atoms with E-state index in [0.29, 0.717) is 23.4 Å². The van der Waals surface area contributed by atoms with E-state index in [4.69, 9.17) is 0 Å². The highest BCUT2D eigenvalue weighted by Crippen LogP contribution is 2.24. The van der Waals surface area contributed by atoms with Crippen molar-refractivity contribution in [2.75, 3.05) is 19.3 Å². The van der Waals surface area contributed by atoms with E-state index in [9.17, 15) is 4.79 Å². The van der Waals surface area contributed by atoms with Gasteiger partial charge >= 0.3 is 0 Å². The molecule has 8 heteroatoms. The molecule has 1 N–H and O–H groups in total. The van der Waals surface area contributed by atoms with Crippen molar-refractivity contribution in [2.24, 2.45) is 0 Å². The molecule has 0 aliphatic carbocycles. The Kier molecular flexibility index (Phi) is 6.06. The summed E-state index contributed by atoms with van der Waals surface area (Å²) in [6.07, 6.45) is 3.22. The Morgan fingerprint density at radius 3 is 2.77 bits per heavy atom. The Bertz CT molecular complexity index is 1050. The van der Waals surface area contributed by atoms with Crippen LogP contribution in [0.5, 0.6) is 0 Å². The maximum atomic E-state index is 12.8. The van der Waals surface area contributed by atoms with Crippen LogP contribution < -0.4 is 5.32 Å². The first-order valence-corrected chi connectivity index (χ1v) is 11.5. The van der Waals surface area contributed by atoms with E-state index >= 15 is 0 Å². The van der Waals surface area contributed by atoms with Gasteiger partial charge in [-0.1, -0.05) is 42.1 Å².